The van der Waals surface area contributed by atoms with Crippen molar-refractivity contribution in [3.8, 4) is 0 Å². The summed E-state index contributed by atoms with van der Waals surface area (Å²) in [6, 6.07) is 0.401. The summed E-state index contributed by atoms with van der Waals surface area (Å²) >= 11 is 0. The van der Waals surface area contributed by atoms with Crippen molar-refractivity contribution >= 4 is 5.78 Å². The SMILES string of the molecule is CCCC(=O)C1CCCNC1C. The molecule has 1 saturated heterocycles. The molecule has 1 fully saturated rings. The summed E-state index contributed by atoms with van der Waals surface area (Å²) < 4.78 is 0. The van der Waals surface area contributed by atoms with Gasteiger partial charge in [0.05, 0.1) is 0 Å². The van der Waals surface area contributed by atoms with Crippen LogP contribution >= 0.6 is 0 Å². The van der Waals surface area contributed by atoms with Gasteiger partial charge in [0.1, 0.15) is 5.78 Å². The average Bonchev–Trinajstić information content (AvgIpc) is 2.05. The molecule has 2 heteroatoms. The van der Waals surface area contributed by atoms with Gasteiger partial charge in [-0.3, -0.25) is 4.79 Å². The van der Waals surface area contributed by atoms with Gasteiger partial charge in [-0.2, -0.15) is 0 Å². The van der Waals surface area contributed by atoms with E-state index in [-0.39, 0.29) is 0 Å². The topological polar surface area (TPSA) is 29.1 Å². The zero-order chi connectivity index (χ0) is 8.97. The third kappa shape index (κ3) is 2.31. The Morgan fingerprint density at radius 3 is 2.92 bits per heavy atom. The van der Waals surface area contributed by atoms with Crippen molar-refractivity contribution < 1.29 is 4.79 Å². The minimum Gasteiger partial charge on any atom is -0.314 e. The van der Waals surface area contributed by atoms with Crippen molar-refractivity contribution in [3.05, 3.63) is 0 Å². The van der Waals surface area contributed by atoms with Crippen LogP contribution in [0.15, 0.2) is 0 Å². The maximum absolute atomic E-state index is 11.6. The minimum atomic E-state index is 0.290. The lowest BCUT2D eigenvalue weighted by Crippen LogP contribution is -2.42. The van der Waals surface area contributed by atoms with Crippen LogP contribution < -0.4 is 5.32 Å². The first kappa shape index (κ1) is 9.72. The first-order valence-corrected chi connectivity index (χ1v) is 5.01. The second-order valence-corrected chi connectivity index (χ2v) is 3.71. The summed E-state index contributed by atoms with van der Waals surface area (Å²) in [5, 5.41) is 3.35. The third-order valence-corrected chi connectivity index (χ3v) is 2.67. The molecule has 0 spiro atoms. The minimum absolute atomic E-state index is 0.290. The molecule has 12 heavy (non-hydrogen) atoms. The van der Waals surface area contributed by atoms with E-state index in [0.717, 1.165) is 32.2 Å². The van der Waals surface area contributed by atoms with Crippen molar-refractivity contribution in [2.45, 2.75) is 45.6 Å². The van der Waals surface area contributed by atoms with Gasteiger partial charge in [0.25, 0.3) is 0 Å². The number of nitrogens with one attached hydrogen (secondary N) is 1. The fraction of sp³-hybridized carbons (Fsp3) is 0.900. The Balaban J connectivity index is 2.42. The van der Waals surface area contributed by atoms with E-state index in [9.17, 15) is 4.79 Å². The van der Waals surface area contributed by atoms with Crippen LogP contribution in [0.4, 0.5) is 0 Å². The fourth-order valence-corrected chi connectivity index (χ4v) is 1.92. The fourth-order valence-electron chi connectivity index (χ4n) is 1.92. The number of ketones is 1. The van der Waals surface area contributed by atoms with Crippen molar-refractivity contribution in [1.82, 2.24) is 5.32 Å². The van der Waals surface area contributed by atoms with Gasteiger partial charge < -0.3 is 5.32 Å². The van der Waals surface area contributed by atoms with Crippen LogP contribution in [0.3, 0.4) is 0 Å². The number of hydrogen-bond donors (Lipinski definition) is 1. The van der Waals surface area contributed by atoms with Gasteiger partial charge in [-0.25, -0.2) is 0 Å². The van der Waals surface area contributed by atoms with E-state index >= 15 is 0 Å². The second-order valence-electron chi connectivity index (χ2n) is 3.71. The maximum atomic E-state index is 11.6. The van der Waals surface area contributed by atoms with Crippen LogP contribution in [0.25, 0.3) is 0 Å². The summed E-state index contributed by atoms with van der Waals surface area (Å²) in [6.45, 7) is 5.27. The molecule has 1 aliphatic heterocycles. The van der Waals surface area contributed by atoms with Crippen LogP contribution in [-0.4, -0.2) is 18.4 Å². The summed E-state index contributed by atoms with van der Waals surface area (Å²) in [5.74, 6) is 0.746. The number of carbonyl (C=O) groups is 1. The van der Waals surface area contributed by atoms with E-state index in [0.29, 0.717) is 17.7 Å². The Labute approximate surface area is 74.7 Å². The average molecular weight is 169 g/mol. The highest BCUT2D eigenvalue weighted by Gasteiger charge is 2.26. The number of piperidine rings is 1. The van der Waals surface area contributed by atoms with Gasteiger partial charge in [-0.05, 0) is 32.7 Å². The number of carbonyl (C=O) groups excluding carboxylic acids is 1. The summed E-state index contributed by atoms with van der Waals surface area (Å²) in [7, 11) is 0. The Hall–Kier alpha value is -0.370. The first-order chi connectivity index (χ1) is 5.75. The zero-order valence-corrected chi connectivity index (χ0v) is 8.10. The molecule has 70 valence electrons. The number of hydrogen-bond acceptors (Lipinski definition) is 2. The lowest BCUT2D eigenvalue weighted by Gasteiger charge is -2.28. The van der Waals surface area contributed by atoms with Crippen LogP contribution in [0.5, 0.6) is 0 Å². The molecule has 0 aromatic carbocycles. The van der Waals surface area contributed by atoms with E-state index in [1.807, 2.05) is 0 Å². The highest BCUT2D eigenvalue weighted by atomic mass is 16.1. The third-order valence-electron chi connectivity index (χ3n) is 2.67. The first-order valence-electron chi connectivity index (χ1n) is 5.01. The molecule has 0 amide bonds. The molecule has 0 aliphatic carbocycles. The zero-order valence-electron chi connectivity index (χ0n) is 8.10. The molecular formula is C10H19NO. The molecule has 1 N–H and O–H groups in total. The molecular weight excluding hydrogens is 150 g/mol. The summed E-state index contributed by atoms with van der Waals surface area (Å²) in [5.41, 5.74) is 0. The molecule has 1 aliphatic rings. The van der Waals surface area contributed by atoms with E-state index < -0.39 is 0 Å². The van der Waals surface area contributed by atoms with Crippen LogP contribution in [0.2, 0.25) is 0 Å². The molecule has 0 radical (unpaired) electrons. The maximum Gasteiger partial charge on any atom is 0.137 e. The van der Waals surface area contributed by atoms with Crippen molar-refractivity contribution in [2.75, 3.05) is 6.54 Å². The Morgan fingerprint density at radius 1 is 1.58 bits per heavy atom. The Morgan fingerprint density at radius 2 is 2.33 bits per heavy atom. The largest absolute Gasteiger partial charge is 0.314 e. The predicted molar refractivity (Wildman–Crippen MR) is 50.1 cm³/mol. The molecule has 2 unspecified atom stereocenters. The summed E-state index contributed by atoms with van der Waals surface area (Å²) in [6.07, 6.45) is 4.00. The lowest BCUT2D eigenvalue weighted by atomic mass is 9.86. The smallest absolute Gasteiger partial charge is 0.137 e. The van der Waals surface area contributed by atoms with Crippen molar-refractivity contribution in [2.24, 2.45) is 5.92 Å². The quantitative estimate of drug-likeness (QED) is 0.697. The highest BCUT2D eigenvalue weighted by molar-refractivity contribution is 5.81. The molecule has 1 heterocycles. The van der Waals surface area contributed by atoms with Crippen molar-refractivity contribution in [1.29, 1.82) is 0 Å². The van der Waals surface area contributed by atoms with Gasteiger partial charge in [-0.15, -0.1) is 0 Å². The lowest BCUT2D eigenvalue weighted by molar-refractivity contribution is -0.124. The van der Waals surface area contributed by atoms with Gasteiger partial charge in [-0.1, -0.05) is 6.92 Å². The monoisotopic (exact) mass is 169 g/mol. The molecule has 2 atom stereocenters. The molecule has 1 rings (SSSR count). The van der Waals surface area contributed by atoms with E-state index in [2.05, 4.69) is 19.2 Å². The molecule has 0 saturated carbocycles. The molecule has 0 bridgehead atoms. The molecule has 0 aromatic rings. The van der Waals surface area contributed by atoms with Crippen LogP contribution in [-0.2, 0) is 4.79 Å². The van der Waals surface area contributed by atoms with Gasteiger partial charge >= 0.3 is 0 Å². The standard InChI is InChI=1S/C10H19NO/c1-3-5-10(12)9-6-4-7-11-8(9)2/h8-9,11H,3-7H2,1-2H3. The van der Waals surface area contributed by atoms with Gasteiger partial charge in [0, 0.05) is 18.4 Å². The van der Waals surface area contributed by atoms with E-state index in [4.69, 9.17) is 0 Å². The van der Waals surface area contributed by atoms with Gasteiger partial charge in [0.15, 0.2) is 0 Å². The summed E-state index contributed by atoms with van der Waals surface area (Å²) in [4.78, 5) is 11.6. The van der Waals surface area contributed by atoms with E-state index in [1.54, 1.807) is 0 Å². The number of Topliss-reactive ketones (excluding diaryl/α,β-unsaturated/α-hetero) is 1. The van der Waals surface area contributed by atoms with Crippen LogP contribution in [0.1, 0.15) is 39.5 Å². The highest BCUT2D eigenvalue weighted by Crippen LogP contribution is 2.18. The second kappa shape index (κ2) is 4.61. The Bertz CT molecular complexity index is 156. The van der Waals surface area contributed by atoms with E-state index in [1.165, 1.54) is 0 Å². The molecule has 2 nitrogen and oxygen atoms in total. The van der Waals surface area contributed by atoms with Gasteiger partial charge in [0.2, 0.25) is 0 Å². The number of rotatable bonds is 3. The molecule has 0 aromatic heterocycles. The predicted octanol–water partition coefficient (Wildman–Crippen LogP) is 1.74. The van der Waals surface area contributed by atoms with Crippen LogP contribution in [0, 0.1) is 5.92 Å². The normalized spacial score (nSPS) is 30.2. The van der Waals surface area contributed by atoms with Crippen molar-refractivity contribution in [3.63, 3.8) is 0 Å². The Kier molecular flexibility index (Phi) is 3.73.